The quantitative estimate of drug-likeness (QED) is 0.0405. The first kappa shape index (κ1) is 78.2. The lowest BCUT2D eigenvalue weighted by Crippen LogP contribution is -2.36. The Morgan fingerprint density at radius 3 is 0.557 bits per heavy atom. The minimum Gasteiger partial charge on any atom is -0.384 e. The van der Waals surface area contributed by atoms with Crippen LogP contribution in [0.3, 0.4) is 0 Å². The Morgan fingerprint density at radius 2 is 0.381 bits per heavy atom. The highest BCUT2D eigenvalue weighted by molar-refractivity contribution is 5.86. The molecule has 7 aromatic carbocycles. The predicted octanol–water partition coefficient (Wildman–Crippen LogP) is 28.1. The zero-order valence-electron chi connectivity index (χ0n) is 67.1. The summed E-state index contributed by atoms with van der Waals surface area (Å²) in [5.74, 6) is 5.90. The summed E-state index contributed by atoms with van der Waals surface area (Å²) in [4.78, 5) is 2.71. The van der Waals surface area contributed by atoms with Gasteiger partial charge in [0, 0.05) is 56.3 Å². The van der Waals surface area contributed by atoms with Gasteiger partial charge in [0.05, 0.1) is 0 Å². The number of hydrogen-bond acceptors (Lipinski definition) is 4. The van der Waals surface area contributed by atoms with Crippen LogP contribution in [0.5, 0.6) is 0 Å². The summed E-state index contributed by atoms with van der Waals surface area (Å²) >= 11 is 0. The number of nitrogens with one attached hydrogen (secondary N) is 3. The summed E-state index contributed by atoms with van der Waals surface area (Å²) < 4.78 is 0. The average Bonchev–Trinajstić information content (AvgIpc) is 0.767. The molecule has 7 aromatic rings. The van der Waals surface area contributed by atoms with E-state index >= 15 is 0 Å². The number of hydrogen-bond donors (Lipinski definition) is 3. The average molecular weight is 1310 g/mol. The fourth-order valence-electron chi connectivity index (χ4n) is 14.7. The van der Waals surface area contributed by atoms with Crippen molar-refractivity contribution in [2.75, 3.05) is 55.2 Å². The molecule has 0 heterocycles. The second-order valence-electron chi connectivity index (χ2n) is 33.9. The van der Waals surface area contributed by atoms with Gasteiger partial charge in [0.1, 0.15) is 0 Å². The third-order valence-corrected chi connectivity index (χ3v) is 20.9. The Hall–Kier alpha value is -6.10. The molecular weight excluding hydrogens is 1170 g/mol. The highest BCUT2D eigenvalue weighted by atomic mass is 15.2. The van der Waals surface area contributed by atoms with E-state index in [0.29, 0.717) is 88.8 Å². The second-order valence-corrected chi connectivity index (χ2v) is 33.9. The standard InChI is InChI=1S/C93H136N4/c1-53(2)68-43-79(58(11)12)89(80(44-68)59(13)14)73-37-74(90-81(60(15)16)45-69(54(3)4)46-82(90)61(17)18)40-77(39-73)94-31-34-97(36-33-96-93-87(66(27)28)51-72(57(9)10)52-88(93)67(29)30)35-32-95-78-41-75(91-83(62(19)20)47-70(55(5)6)48-84(91)63(21)22)38-76(42-78)92-85(64(23)24)49-71(56(7)8)50-86(92)65(25)26/h37-67,94-96H,31-36H2,1-30H3. The Kier molecular flexibility index (Phi) is 27.3. The minimum atomic E-state index is 0.359. The van der Waals surface area contributed by atoms with Gasteiger partial charge in [-0.05, 0) is 253 Å². The van der Waals surface area contributed by atoms with Crippen molar-refractivity contribution in [1.82, 2.24) is 4.90 Å². The summed E-state index contributed by atoms with van der Waals surface area (Å²) in [7, 11) is 0. The van der Waals surface area contributed by atoms with Crippen LogP contribution in [0.2, 0.25) is 0 Å². The van der Waals surface area contributed by atoms with Gasteiger partial charge >= 0.3 is 0 Å². The normalized spacial score (nSPS) is 12.5. The van der Waals surface area contributed by atoms with Gasteiger partial charge in [-0.2, -0.15) is 0 Å². The molecule has 0 radical (unpaired) electrons. The third-order valence-electron chi connectivity index (χ3n) is 20.9. The Morgan fingerprint density at radius 1 is 0.206 bits per heavy atom. The van der Waals surface area contributed by atoms with Crippen LogP contribution in [-0.2, 0) is 0 Å². The molecular formula is C93H136N4. The maximum atomic E-state index is 4.18. The van der Waals surface area contributed by atoms with E-state index in [1.165, 1.54) is 145 Å². The molecule has 0 aliphatic carbocycles. The largest absolute Gasteiger partial charge is 0.384 e. The highest BCUT2D eigenvalue weighted by Crippen LogP contribution is 2.48. The van der Waals surface area contributed by atoms with Gasteiger partial charge in [-0.1, -0.05) is 268 Å². The molecule has 0 fully saturated rings. The van der Waals surface area contributed by atoms with E-state index in [9.17, 15) is 0 Å². The summed E-state index contributed by atoms with van der Waals surface area (Å²) in [6.07, 6.45) is 0. The smallest absolute Gasteiger partial charge is 0.0411 e. The summed E-state index contributed by atoms with van der Waals surface area (Å²) in [5, 5.41) is 12.5. The van der Waals surface area contributed by atoms with Crippen molar-refractivity contribution in [3.05, 3.63) is 181 Å². The molecule has 4 nitrogen and oxygen atoms in total. The molecule has 528 valence electrons. The molecule has 0 aliphatic rings. The van der Waals surface area contributed by atoms with Crippen molar-refractivity contribution < 1.29 is 0 Å². The van der Waals surface area contributed by atoms with Crippen LogP contribution in [0.1, 0.15) is 380 Å². The number of rotatable bonds is 31. The van der Waals surface area contributed by atoms with Crippen LogP contribution >= 0.6 is 0 Å². The topological polar surface area (TPSA) is 39.3 Å². The fraction of sp³-hybridized carbons (Fsp3) is 0.548. The molecule has 7 rings (SSSR count). The van der Waals surface area contributed by atoms with Gasteiger partial charge in [-0.25, -0.2) is 0 Å². The number of benzene rings is 7. The van der Waals surface area contributed by atoms with E-state index in [1.54, 1.807) is 0 Å². The van der Waals surface area contributed by atoms with E-state index in [0.717, 1.165) is 39.3 Å². The maximum Gasteiger partial charge on any atom is 0.0411 e. The van der Waals surface area contributed by atoms with Crippen LogP contribution in [0, 0.1) is 0 Å². The maximum absolute atomic E-state index is 4.18. The van der Waals surface area contributed by atoms with Crippen molar-refractivity contribution in [3.8, 4) is 44.5 Å². The van der Waals surface area contributed by atoms with Gasteiger partial charge in [0.2, 0.25) is 0 Å². The molecule has 97 heavy (non-hydrogen) atoms. The molecule has 0 amide bonds. The molecule has 0 spiro atoms. The molecule has 0 aromatic heterocycles. The van der Waals surface area contributed by atoms with Gasteiger partial charge in [0.15, 0.2) is 0 Å². The van der Waals surface area contributed by atoms with Crippen molar-refractivity contribution in [2.24, 2.45) is 0 Å². The molecule has 0 saturated carbocycles. The summed E-state index contributed by atoms with van der Waals surface area (Å²) in [5.41, 5.74) is 36.1. The SMILES string of the molecule is CC(C)c1cc(C(C)C)c(NCCN(CCNc2cc(-c3c(C(C)C)cc(C(C)C)cc3C(C)C)cc(-c3c(C(C)C)cc(C(C)C)cc3C(C)C)c2)CCNc2cc(-c3c(C(C)C)cc(C(C)C)cc3C(C)C)cc(-c3c(C(C)C)cc(C(C)C)cc3C(C)C)c2)c(C(C)C)c1. The first-order chi connectivity index (χ1) is 45.5. The highest BCUT2D eigenvalue weighted by Gasteiger charge is 2.27. The van der Waals surface area contributed by atoms with Crippen LogP contribution in [-0.4, -0.2) is 44.2 Å². The fourth-order valence-corrected chi connectivity index (χ4v) is 14.7. The molecule has 4 heteroatoms. The van der Waals surface area contributed by atoms with Gasteiger partial charge in [0.25, 0.3) is 0 Å². The lowest BCUT2D eigenvalue weighted by atomic mass is 9.79. The number of anilines is 3. The predicted molar refractivity (Wildman–Crippen MR) is 434 cm³/mol. The van der Waals surface area contributed by atoms with E-state index in [2.05, 4.69) is 326 Å². The molecule has 0 unspecified atom stereocenters. The third kappa shape index (κ3) is 18.9. The monoisotopic (exact) mass is 1310 g/mol. The van der Waals surface area contributed by atoms with Crippen LogP contribution in [0.15, 0.2) is 97.1 Å². The van der Waals surface area contributed by atoms with E-state index in [-0.39, 0.29) is 0 Å². The lowest BCUT2D eigenvalue weighted by molar-refractivity contribution is 0.306. The number of nitrogens with zero attached hydrogens (tertiary/aromatic N) is 1. The van der Waals surface area contributed by atoms with Crippen molar-refractivity contribution in [3.63, 3.8) is 0 Å². The van der Waals surface area contributed by atoms with Crippen molar-refractivity contribution in [2.45, 2.75) is 296 Å². The Labute approximate surface area is 595 Å². The van der Waals surface area contributed by atoms with E-state index in [1.807, 2.05) is 0 Å². The first-order valence-corrected chi connectivity index (χ1v) is 38.6. The zero-order chi connectivity index (χ0) is 71.9. The first-order valence-electron chi connectivity index (χ1n) is 38.6. The lowest BCUT2D eigenvalue weighted by Gasteiger charge is -2.28. The summed E-state index contributed by atoms with van der Waals surface area (Å²) in [6, 6.07) is 40.3. The zero-order valence-corrected chi connectivity index (χ0v) is 67.1. The second kappa shape index (κ2) is 33.8. The van der Waals surface area contributed by atoms with Crippen LogP contribution in [0.4, 0.5) is 17.1 Å². The van der Waals surface area contributed by atoms with Gasteiger partial charge in [-0.3, -0.25) is 4.90 Å². The van der Waals surface area contributed by atoms with Gasteiger partial charge in [-0.15, -0.1) is 0 Å². The Balaban J connectivity index is 1.39. The van der Waals surface area contributed by atoms with Crippen LogP contribution in [0.25, 0.3) is 44.5 Å². The van der Waals surface area contributed by atoms with Crippen molar-refractivity contribution in [1.29, 1.82) is 0 Å². The van der Waals surface area contributed by atoms with Gasteiger partial charge < -0.3 is 16.0 Å². The van der Waals surface area contributed by atoms with E-state index in [4.69, 9.17) is 0 Å². The molecule has 0 aliphatic heterocycles. The molecule has 3 N–H and O–H groups in total. The minimum absolute atomic E-state index is 0.359. The molecule has 0 bridgehead atoms. The molecule has 0 atom stereocenters. The Bertz CT molecular complexity index is 3220. The van der Waals surface area contributed by atoms with Crippen LogP contribution < -0.4 is 16.0 Å². The van der Waals surface area contributed by atoms with E-state index < -0.39 is 0 Å². The molecule has 0 saturated heterocycles. The summed E-state index contributed by atoms with van der Waals surface area (Å²) in [6.45, 7) is 76.3. The van der Waals surface area contributed by atoms with Crippen molar-refractivity contribution >= 4 is 17.1 Å².